The average Bonchev–Trinajstić information content (AvgIpc) is 3.66. The van der Waals surface area contributed by atoms with Crippen molar-refractivity contribution in [2.75, 3.05) is 14.7 Å². The number of aromatic nitrogens is 3. The monoisotopic (exact) mass is 928 g/mol. The Morgan fingerprint density at radius 3 is 1.52 bits per heavy atom. The van der Waals surface area contributed by atoms with Crippen molar-refractivity contribution in [3.05, 3.63) is 242 Å². The molecular weight excluding hydrogens is 885 g/mol. The highest BCUT2D eigenvalue weighted by Crippen LogP contribution is 2.58. The molecule has 71 heavy (non-hydrogen) atoms. The lowest BCUT2D eigenvalue weighted by molar-refractivity contribution is 0.660. The van der Waals surface area contributed by atoms with Gasteiger partial charge in [-0.15, -0.1) is 0 Å². The first-order valence-electron chi connectivity index (χ1n) is 24.1. The van der Waals surface area contributed by atoms with Crippen LogP contribution in [0.3, 0.4) is 0 Å². The Labute approximate surface area is 417 Å². The van der Waals surface area contributed by atoms with Crippen molar-refractivity contribution < 1.29 is 0 Å². The van der Waals surface area contributed by atoms with Crippen LogP contribution in [0.15, 0.2) is 240 Å². The van der Waals surface area contributed by atoms with Crippen molar-refractivity contribution >= 4 is 73.7 Å². The minimum Gasteiger partial charge on any atom is -0.308 e. The van der Waals surface area contributed by atoms with Crippen molar-refractivity contribution in [1.82, 2.24) is 15.0 Å². The molecule has 0 spiro atoms. The van der Waals surface area contributed by atoms with Gasteiger partial charge in [-0.1, -0.05) is 159 Å². The first-order valence-corrected chi connectivity index (χ1v) is 24.9. The van der Waals surface area contributed by atoms with E-state index in [1.54, 1.807) is 0 Å². The van der Waals surface area contributed by atoms with E-state index < -0.39 is 0 Å². The molecule has 1 aromatic heterocycles. The van der Waals surface area contributed by atoms with E-state index in [4.69, 9.17) is 15.0 Å². The van der Waals surface area contributed by atoms with Crippen LogP contribution in [0.1, 0.15) is 25.0 Å². The molecule has 0 amide bonds. The molecule has 0 N–H and O–H groups in total. The maximum Gasteiger partial charge on any atom is 0.164 e. The third kappa shape index (κ3) is 6.68. The van der Waals surface area contributed by atoms with Gasteiger partial charge in [0.25, 0.3) is 0 Å². The van der Waals surface area contributed by atoms with Crippen LogP contribution in [-0.2, 0) is 5.41 Å². The van der Waals surface area contributed by atoms with Crippen LogP contribution in [0.2, 0.25) is 0 Å². The molecule has 0 fully saturated rings. The zero-order valence-corrected chi connectivity index (χ0v) is 39.8. The number of benzene rings is 10. The maximum absolute atomic E-state index is 5.24. The molecular formula is C64H44N6S. The largest absolute Gasteiger partial charge is 0.308 e. The molecule has 3 heterocycles. The smallest absolute Gasteiger partial charge is 0.164 e. The second-order valence-electron chi connectivity index (χ2n) is 18.9. The van der Waals surface area contributed by atoms with Crippen LogP contribution in [0.4, 0.5) is 51.2 Å². The van der Waals surface area contributed by atoms with Crippen LogP contribution in [-0.4, -0.2) is 15.0 Å². The van der Waals surface area contributed by atoms with Crippen LogP contribution < -0.4 is 14.7 Å². The zero-order valence-electron chi connectivity index (χ0n) is 39.0. The highest BCUT2D eigenvalue weighted by Gasteiger charge is 2.36. The van der Waals surface area contributed by atoms with Gasteiger partial charge in [-0.05, 0) is 130 Å². The van der Waals surface area contributed by atoms with E-state index >= 15 is 0 Å². The minimum atomic E-state index is -0.154. The second-order valence-corrected chi connectivity index (χ2v) is 20.0. The quantitative estimate of drug-likeness (QED) is 0.165. The van der Waals surface area contributed by atoms with Crippen LogP contribution >= 0.6 is 11.8 Å². The Hall–Kier alpha value is -8.78. The minimum absolute atomic E-state index is 0.154. The number of fused-ring (bicyclic) bond motifs is 8. The molecule has 0 bridgehead atoms. The number of para-hydroxylation sites is 4. The summed E-state index contributed by atoms with van der Waals surface area (Å²) in [4.78, 5) is 25.2. The molecule has 10 aromatic carbocycles. The molecule has 2 aliphatic heterocycles. The Bertz CT molecular complexity index is 3880. The Kier molecular flexibility index (Phi) is 9.38. The molecule has 14 rings (SSSR count). The first kappa shape index (κ1) is 41.2. The lowest BCUT2D eigenvalue weighted by atomic mass is 9.82. The Balaban J connectivity index is 0.906. The van der Waals surface area contributed by atoms with Crippen LogP contribution in [0.25, 0.3) is 56.1 Å². The van der Waals surface area contributed by atoms with Crippen LogP contribution in [0, 0.1) is 0 Å². The number of hydrogen-bond acceptors (Lipinski definition) is 7. The fraction of sp³-hybridized carbons (Fsp3) is 0.0469. The molecule has 0 radical (unpaired) electrons. The highest BCUT2D eigenvalue weighted by atomic mass is 32.2. The molecule has 0 atom stereocenters. The average molecular weight is 929 g/mol. The molecule has 3 aliphatic rings. The van der Waals surface area contributed by atoms with Gasteiger partial charge in [-0.2, -0.15) is 0 Å². The van der Waals surface area contributed by atoms with Gasteiger partial charge in [0.2, 0.25) is 0 Å². The van der Waals surface area contributed by atoms with Crippen molar-refractivity contribution in [2.24, 2.45) is 0 Å². The van der Waals surface area contributed by atoms with Gasteiger partial charge in [0.15, 0.2) is 17.5 Å². The molecule has 336 valence electrons. The van der Waals surface area contributed by atoms with Crippen LogP contribution in [0.5, 0.6) is 0 Å². The molecule has 0 saturated heterocycles. The predicted molar refractivity (Wildman–Crippen MR) is 293 cm³/mol. The highest BCUT2D eigenvalue weighted by molar-refractivity contribution is 7.99. The number of hydrogen-bond donors (Lipinski definition) is 0. The van der Waals surface area contributed by atoms with E-state index in [-0.39, 0.29) is 5.41 Å². The fourth-order valence-electron chi connectivity index (χ4n) is 10.9. The van der Waals surface area contributed by atoms with E-state index in [1.165, 1.54) is 54.2 Å². The molecule has 11 aromatic rings. The molecule has 7 heteroatoms. The topological polar surface area (TPSA) is 48.4 Å². The summed E-state index contributed by atoms with van der Waals surface area (Å²) in [6, 6.07) is 82.8. The summed E-state index contributed by atoms with van der Waals surface area (Å²) >= 11 is 1.82. The van der Waals surface area contributed by atoms with Crippen molar-refractivity contribution in [3.63, 3.8) is 0 Å². The van der Waals surface area contributed by atoms with E-state index in [9.17, 15) is 0 Å². The maximum atomic E-state index is 5.24. The van der Waals surface area contributed by atoms with E-state index in [2.05, 4.69) is 241 Å². The Morgan fingerprint density at radius 1 is 0.324 bits per heavy atom. The van der Waals surface area contributed by atoms with Gasteiger partial charge in [0, 0.05) is 49.0 Å². The first-order chi connectivity index (χ1) is 34.9. The summed E-state index contributed by atoms with van der Waals surface area (Å²) in [5, 5.41) is 2.40. The van der Waals surface area contributed by atoms with Crippen molar-refractivity contribution in [2.45, 2.75) is 29.1 Å². The third-order valence-electron chi connectivity index (χ3n) is 14.4. The summed E-state index contributed by atoms with van der Waals surface area (Å²) in [6.45, 7) is 4.62. The Morgan fingerprint density at radius 2 is 0.803 bits per heavy atom. The molecule has 6 nitrogen and oxygen atoms in total. The second kappa shape index (κ2) is 16.2. The summed E-state index contributed by atoms with van der Waals surface area (Å²) in [5.41, 5.74) is 17.7. The summed E-state index contributed by atoms with van der Waals surface area (Å²) in [5.74, 6) is 1.91. The van der Waals surface area contributed by atoms with Gasteiger partial charge in [0.05, 0.1) is 34.1 Å². The standard InChI is InChI=1S/C64H44N6S/c1-64(2)51-21-9-8-20-49(51)50-36-31-45(39-52(50)64)63-66-61(42-17-4-3-5-18-42)65-62(67-63)43-29-32-46(33-30-43)68-53-22-10-11-23-54(53)69(47-34-28-41-16-6-7-19-44(41)38-47)58-40-48(35-37-55(58)68)70-56-24-12-14-26-59(56)71-60-27-15-13-25-57(60)70/h3-40H,1-2H3. The molecule has 0 saturated carbocycles. The number of nitrogens with zero attached hydrogens (tertiary/aromatic N) is 6. The number of rotatable bonds is 6. The summed E-state index contributed by atoms with van der Waals surface area (Å²) in [7, 11) is 0. The summed E-state index contributed by atoms with van der Waals surface area (Å²) in [6.07, 6.45) is 0. The normalized spacial score (nSPS) is 13.7. The molecule has 1 aliphatic carbocycles. The van der Waals surface area contributed by atoms with Crippen molar-refractivity contribution in [1.29, 1.82) is 0 Å². The van der Waals surface area contributed by atoms with E-state index in [1.807, 2.05) is 30.0 Å². The number of anilines is 9. The van der Waals surface area contributed by atoms with Gasteiger partial charge < -0.3 is 14.7 Å². The predicted octanol–water partition coefficient (Wildman–Crippen LogP) is 17.5. The van der Waals surface area contributed by atoms with Gasteiger partial charge in [0.1, 0.15) is 0 Å². The fourth-order valence-corrected chi connectivity index (χ4v) is 12.0. The van der Waals surface area contributed by atoms with Gasteiger partial charge in [-0.3, -0.25) is 0 Å². The van der Waals surface area contributed by atoms with E-state index in [0.717, 1.165) is 56.5 Å². The zero-order chi connectivity index (χ0) is 47.2. The molecule has 0 unspecified atom stereocenters. The van der Waals surface area contributed by atoms with Gasteiger partial charge in [-0.25, -0.2) is 15.0 Å². The SMILES string of the molecule is CC1(C)c2ccccc2-c2ccc(-c3nc(-c4ccccc4)nc(-c4ccc(N5c6ccccc6N(c6ccc7ccccc7c6)c6cc(N7c8ccccc8Sc8ccccc87)ccc65)cc4)n3)cc21. The summed E-state index contributed by atoms with van der Waals surface area (Å²) < 4.78 is 0. The van der Waals surface area contributed by atoms with Gasteiger partial charge >= 0.3 is 0 Å². The third-order valence-corrected chi connectivity index (χ3v) is 15.5. The lowest BCUT2D eigenvalue weighted by Crippen LogP contribution is -2.24. The lowest BCUT2D eigenvalue weighted by Gasteiger charge is -2.41. The van der Waals surface area contributed by atoms with E-state index in [0.29, 0.717) is 17.5 Å². The van der Waals surface area contributed by atoms with Crippen molar-refractivity contribution in [3.8, 4) is 45.3 Å².